The molecular weight excluding hydrogens is 407 g/mol. The molecule has 0 aliphatic carbocycles. The predicted octanol–water partition coefficient (Wildman–Crippen LogP) is 6.05. The first-order chi connectivity index (χ1) is 13.9. The number of amides is 1. The summed E-state index contributed by atoms with van der Waals surface area (Å²) in [6.07, 6.45) is 2.31. The average molecular weight is 429 g/mol. The van der Waals surface area contributed by atoms with E-state index >= 15 is 0 Å². The van der Waals surface area contributed by atoms with E-state index in [4.69, 9.17) is 23.2 Å². The molecule has 0 radical (unpaired) electrons. The number of nitrogens with zero attached hydrogens (tertiary/aromatic N) is 1. The molecule has 0 spiro atoms. The third-order valence-corrected chi connectivity index (χ3v) is 5.23. The summed E-state index contributed by atoms with van der Waals surface area (Å²) >= 11 is 12.7. The highest BCUT2D eigenvalue weighted by Crippen LogP contribution is 2.28. The maximum Gasteiger partial charge on any atom is 0.261 e. The summed E-state index contributed by atoms with van der Waals surface area (Å²) in [6.45, 7) is 3.89. The zero-order chi connectivity index (χ0) is 21.0. The fourth-order valence-electron chi connectivity index (χ4n) is 3.32. The Morgan fingerprint density at radius 2 is 1.79 bits per heavy atom. The number of carbonyl (C=O) groups is 1. The summed E-state index contributed by atoms with van der Waals surface area (Å²) in [4.78, 5) is 25.9. The molecule has 3 aromatic rings. The number of anilines is 1. The van der Waals surface area contributed by atoms with E-state index in [0.717, 1.165) is 12.8 Å². The quantitative estimate of drug-likeness (QED) is 0.519. The van der Waals surface area contributed by atoms with Crippen LogP contribution in [0.5, 0.6) is 0 Å². The number of pyridine rings is 1. The lowest BCUT2D eigenvalue weighted by Crippen LogP contribution is -2.28. The molecule has 0 unspecified atom stereocenters. The topological polar surface area (TPSA) is 51.1 Å². The lowest BCUT2D eigenvalue weighted by molar-refractivity contribution is 0.102. The van der Waals surface area contributed by atoms with Crippen molar-refractivity contribution in [1.82, 2.24) is 4.57 Å². The van der Waals surface area contributed by atoms with Gasteiger partial charge in [0.2, 0.25) is 0 Å². The van der Waals surface area contributed by atoms with Crippen LogP contribution in [-0.4, -0.2) is 10.5 Å². The maximum atomic E-state index is 13.1. The van der Waals surface area contributed by atoms with Crippen LogP contribution >= 0.6 is 23.2 Å². The van der Waals surface area contributed by atoms with Crippen molar-refractivity contribution in [2.45, 2.75) is 33.1 Å². The summed E-state index contributed by atoms with van der Waals surface area (Å²) < 4.78 is 1.87. The number of aryl methyl sites for hydroxylation is 1. The van der Waals surface area contributed by atoms with Gasteiger partial charge in [-0.3, -0.25) is 9.59 Å². The standard InChI is InChI=1S/C23H22Cl2N2O2/c1-3-4-10-19-22(23(29)26-17-8-6-5-7-9-17)21(28)13-15(2)27(19)20-14-16(24)11-12-18(20)25/h5-9,11-14H,3-4,10H2,1-2H3,(H,26,29). The van der Waals surface area contributed by atoms with Crippen molar-refractivity contribution < 1.29 is 4.79 Å². The molecule has 6 heteroatoms. The summed E-state index contributed by atoms with van der Waals surface area (Å²) in [5.41, 5.74) is 2.43. The zero-order valence-corrected chi connectivity index (χ0v) is 17.8. The van der Waals surface area contributed by atoms with E-state index in [1.54, 1.807) is 30.3 Å². The van der Waals surface area contributed by atoms with Crippen molar-refractivity contribution in [3.05, 3.63) is 91.8 Å². The number of carbonyl (C=O) groups excluding carboxylic acids is 1. The number of para-hydroxylation sites is 1. The van der Waals surface area contributed by atoms with Crippen LogP contribution in [-0.2, 0) is 6.42 Å². The van der Waals surface area contributed by atoms with Gasteiger partial charge in [0.1, 0.15) is 5.56 Å². The van der Waals surface area contributed by atoms with Crippen molar-refractivity contribution in [3.8, 4) is 5.69 Å². The summed E-state index contributed by atoms with van der Waals surface area (Å²) in [7, 11) is 0. The molecule has 2 aromatic carbocycles. The van der Waals surface area contributed by atoms with Crippen molar-refractivity contribution in [2.24, 2.45) is 0 Å². The van der Waals surface area contributed by atoms with Crippen molar-refractivity contribution >= 4 is 34.8 Å². The van der Waals surface area contributed by atoms with Crippen molar-refractivity contribution in [1.29, 1.82) is 0 Å². The second kappa shape index (κ2) is 9.29. The van der Waals surface area contributed by atoms with E-state index in [1.807, 2.05) is 29.7 Å². The second-order valence-corrected chi connectivity index (χ2v) is 7.67. The van der Waals surface area contributed by atoms with E-state index < -0.39 is 5.91 Å². The Labute approximate surface area is 180 Å². The van der Waals surface area contributed by atoms with Crippen LogP contribution < -0.4 is 10.7 Å². The number of benzene rings is 2. The number of hydrogen-bond acceptors (Lipinski definition) is 2. The number of rotatable bonds is 6. The normalized spacial score (nSPS) is 10.8. The monoisotopic (exact) mass is 428 g/mol. The average Bonchev–Trinajstić information content (AvgIpc) is 2.69. The Balaban J connectivity index is 2.21. The van der Waals surface area contributed by atoms with Gasteiger partial charge >= 0.3 is 0 Å². The Hall–Kier alpha value is -2.56. The predicted molar refractivity (Wildman–Crippen MR) is 120 cm³/mol. The lowest BCUT2D eigenvalue weighted by Gasteiger charge is -2.21. The summed E-state index contributed by atoms with van der Waals surface area (Å²) in [5.74, 6) is -0.431. The molecule has 0 bridgehead atoms. The maximum absolute atomic E-state index is 13.1. The molecule has 3 rings (SSSR count). The Bertz CT molecular complexity index is 1090. The molecule has 29 heavy (non-hydrogen) atoms. The van der Waals surface area contributed by atoms with Gasteiger partial charge in [0, 0.05) is 28.2 Å². The molecule has 0 aliphatic heterocycles. The number of nitrogens with one attached hydrogen (secondary N) is 1. The van der Waals surface area contributed by atoms with Gasteiger partial charge in [0.05, 0.1) is 10.7 Å². The number of halogens is 2. The first-order valence-corrected chi connectivity index (χ1v) is 10.2. The number of hydrogen-bond donors (Lipinski definition) is 1. The van der Waals surface area contributed by atoms with Crippen LogP contribution in [0.15, 0.2) is 59.4 Å². The molecule has 4 nitrogen and oxygen atoms in total. The van der Waals surface area contributed by atoms with Gasteiger partial charge in [-0.05, 0) is 50.1 Å². The van der Waals surface area contributed by atoms with Crippen molar-refractivity contribution in [2.75, 3.05) is 5.32 Å². The van der Waals surface area contributed by atoms with E-state index in [9.17, 15) is 9.59 Å². The Morgan fingerprint density at radius 1 is 1.07 bits per heavy atom. The zero-order valence-electron chi connectivity index (χ0n) is 16.3. The highest BCUT2D eigenvalue weighted by Gasteiger charge is 2.22. The van der Waals surface area contributed by atoms with Gasteiger partial charge in [0.25, 0.3) is 5.91 Å². The largest absolute Gasteiger partial charge is 0.322 e. The SMILES string of the molecule is CCCCc1c(C(=O)Nc2ccccc2)c(=O)cc(C)n1-c1cc(Cl)ccc1Cl. The van der Waals surface area contributed by atoms with Crippen LogP contribution in [0.3, 0.4) is 0 Å². The molecule has 0 fully saturated rings. The third kappa shape index (κ3) is 4.72. The number of unbranched alkanes of at least 4 members (excludes halogenated alkanes) is 1. The van der Waals surface area contributed by atoms with E-state index in [2.05, 4.69) is 12.2 Å². The molecule has 1 amide bonds. The molecule has 0 aliphatic rings. The van der Waals surface area contributed by atoms with Gasteiger partial charge < -0.3 is 9.88 Å². The highest BCUT2D eigenvalue weighted by atomic mass is 35.5. The van der Waals surface area contributed by atoms with Crippen LogP contribution in [0.2, 0.25) is 10.0 Å². The van der Waals surface area contributed by atoms with Gasteiger partial charge in [-0.2, -0.15) is 0 Å². The van der Waals surface area contributed by atoms with E-state index in [0.29, 0.717) is 39.2 Å². The summed E-state index contributed by atoms with van der Waals surface area (Å²) in [6, 6.07) is 15.7. The summed E-state index contributed by atoms with van der Waals surface area (Å²) in [5, 5.41) is 3.85. The highest BCUT2D eigenvalue weighted by molar-refractivity contribution is 6.34. The molecule has 150 valence electrons. The molecule has 1 aromatic heterocycles. The molecule has 1 N–H and O–H groups in total. The minimum absolute atomic E-state index is 0.129. The van der Waals surface area contributed by atoms with Gasteiger partial charge in [-0.1, -0.05) is 54.7 Å². The molecule has 1 heterocycles. The fourth-order valence-corrected chi connectivity index (χ4v) is 3.69. The third-order valence-electron chi connectivity index (χ3n) is 4.67. The molecule has 0 atom stereocenters. The van der Waals surface area contributed by atoms with Crippen LogP contribution in [0.4, 0.5) is 5.69 Å². The first kappa shape index (κ1) is 21.2. The second-order valence-electron chi connectivity index (χ2n) is 6.83. The lowest BCUT2D eigenvalue weighted by atomic mass is 10.0. The molecule has 0 saturated heterocycles. The van der Waals surface area contributed by atoms with Gasteiger partial charge in [0.15, 0.2) is 5.43 Å². The molecular formula is C23H22Cl2N2O2. The fraction of sp³-hybridized carbons (Fsp3) is 0.217. The molecule has 0 saturated carbocycles. The van der Waals surface area contributed by atoms with Crippen LogP contribution in [0.1, 0.15) is 41.5 Å². The van der Waals surface area contributed by atoms with Crippen LogP contribution in [0.25, 0.3) is 5.69 Å². The smallest absolute Gasteiger partial charge is 0.261 e. The Morgan fingerprint density at radius 3 is 2.48 bits per heavy atom. The van der Waals surface area contributed by atoms with Crippen molar-refractivity contribution in [3.63, 3.8) is 0 Å². The first-order valence-electron chi connectivity index (χ1n) is 9.49. The van der Waals surface area contributed by atoms with Gasteiger partial charge in [-0.25, -0.2) is 0 Å². The number of aromatic nitrogens is 1. The van der Waals surface area contributed by atoms with E-state index in [-0.39, 0.29) is 11.0 Å². The van der Waals surface area contributed by atoms with E-state index in [1.165, 1.54) is 6.07 Å². The minimum atomic E-state index is -0.431. The Kier molecular flexibility index (Phi) is 6.78. The minimum Gasteiger partial charge on any atom is -0.322 e. The van der Waals surface area contributed by atoms with Crippen LogP contribution in [0, 0.1) is 6.92 Å². The van der Waals surface area contributed by atoms with Gasteiger partial charge in [-0.15, -0.1) is 0 Å².